The fraction of sp³-hybridized carbons (Fsp3) is 0.600. The Balaban J connectivity index is 2.12. The van der Waals surface area contributed by atoms with E-state index in [9.17, 15) is 17.6 Å². The summed E-state index contributed by atoms with van der Waals surface area (Å²) in [5.74, 6) is -0.772. The number of hydrogen-bond donors (Lipinski definition) is 0. The minimum Gasteiger partial charge on any atom is -0.303 e. The molecule has 1 heterocycles. The molecule has 0 N–H and O–H groups in total. The average molecular weight is 289 g/mol. The van der Waals surface area contributed by atoms with Crippen LogP contribution in [-0.2, 0) is 6.18 Å². The van der Waals surface area contributed by atoms with Gasteiger partial charge in [-0.2, -0.15) is 13.2 Å². The lowest BCUT2D eigenvalue weighted by Crippen LogP contribution is -2.33. The van der Waals surface area contributed by atoms with Gasteiger partial charge in [-0.1, -0.05) is 6.92 Å². The largest absolute Gasteiger partial charge is 0.416 e. The Labute approximate surface area is 116 Å². The molecule has 1 aliphatic heterocycles. The Bertz CT molecular complexity index is 448. The van der Waals surface area contributed by atoms with Gasteiger partial charge in [0.2, 0.25) is 0 Å². The molecule has 0 amide bonds. The Morgan fingerprint density at radius 3 is 2.35 bits per heavy atom. The molecule has 1 aliphatic rings. The van der Waals surface area contributed by atoms with Crippen LogP contribution in [0.25, 0.3) is 0 Å². The van der Waals surface area contributed by atoms with E-state index < -0.39 is 17.6 Å². The first-order chi connectivity index (χ1) is 9.40. The number of piperidine rings is 1. The van der Waals surface area contributed by atoms with E-state index in [0.717, 1.165) is 45.0 Å². The second-order valence-corrected chi connectivity index (χ2v) is 5.39. The summed E-state index contributed by atoms with van der Waals surface area (Å²) in [6.07, 6.45) is -1.83. The quantitative estimate of drug-likeness (QED) is 0.744. The van der Waals surface area contributed by atoms with E-state index in [1.807, 2.05) is 0 Å². The number of alkyl halides is 3. The Morgan fingerprint density at radius 2 is 1.80 bits per heavy atom. The molecule has 0 atom stereocenters. The van der Waals surface area contributed by atoms with Gasteiger partial charge < -0.3 is 4.90 Å². The van der Waals surface area contributed by atoms with Crippen molar-refractivity contribution in [1.29, 1.82) is 0 Å². The molecule has 1 nitrogen and oxygen atoms in total. The molecule has 1 saturated heterocycles. The Morgan fingerprint density at radius 1 is 1.15 bits per heavy atom. The molecular weight excluding hydrogens is 270 g/mol. The summed E-state index contributed by atoms with van der Waals surface area (Å²) in [6.45, 7) is 4.87. The van der Waals surface area contributed by atoms with Crippen molar-refractivity contribution < 1.29 is 17.6 Å². The number of rotatable bonds is 3. The molecule has 0 unspecified atom stereocenters. The molecule has 20 heavy (non-hydrogen) atoms. The highest BCUT2D eigenvalue weighted by molar-refractivity contribution is 5.29. The molecular formula is C15H19F4N. The van der Waals surface area contributed by atoms with E-state index >= 15 is 0 Å². The van der Waals surface area contributed by atoms with E-state index in [2.05, 4.69) is 11.8 Å². The lowest BCUT2D eigenvalue weighted by atomic mass is 9.88. The van der Waals surface area contributed by atoms with Crippen molar-refractivity contribution in [3.05, 3.63) is 35.1 Å². The van der Waals surface area contributed by atoms with Crippen molar-refractivity contribution in [2.45, 2.75) is 38.3 Å². The van der Waals surface area contributed by atoms with Crippen LogP contribution in [-0.4, -0.2) is 24.5 Å². The van der Waals surface area contributed by atoms with Crippen molar-refractivity contribution in [2.75, 3.05) is 19.6 Å². The zero-order valence-electron chi connectivity index (χ0n) is 11.5. The normalized spacial score (nSPS) is 18.4. The summed E-state index contributed by atoms with van der Waals surface area (Å²) in [7, 11) is 0. The van der Waals surface area contributed by atoms with Crippen molar-refractivity contribution in [2.24, 2.45) is 0 Å². The van der Waals surface area contributed by atoms with Crippen LogP contribution < -0.4 is 0 Å². The van der Waals surface area contributed by atoms with E-state index in [0.29, 0.717) is 11.6 Å². The van der Waals surface area contributed by atoms with Crippen molar-refractivity contribution in [1.82, 2.24) is 4.90 Å². The number of nitrogens with zero attached hydrogens (tertiary/aromatic N) is 1. The molecule has 2 rings (SSSR count). The zero-order valence-corrected chi connectivity index (χ0v) is 11.5. The van der Waals surface area contributed by atoms with Crippen LogP contribution in [0.1, 0.15) is 43.2 Å². The zero-order chi connectivity index (χ0) is 14.8. The lowest BCUT2D eigenvalue weighted by Gasteiger charge is -2.32. The maximum Gasteiger partial charge on any atom is 0.416 e. The molecule has 1 aromatic rings. The third-order valence-corrected chi connectivity index (χ3v) is 3.85. The molecule has 0 aliphatic carbocycles. The third kappa shape index (κ3) is 3.72. The van der Waals surface area contributed by atoms with Gasteiger partial charge in [0.25, 0.3) is 0 Å². The molecule has 0 bridgehead atoms. The topological polar surface area (TPSA) is 3.24 Å². The fourth-order valence-electron chi connectivity index (χ4n) is 2.82. The number of benzene rings is 1. The Kier molecular flexibility index (Phi) is 4.68. The van der Waals surface area contributed by atoms with Crippen LogP contribution in [0.15, 0.2) is 18.2 Å². The van der Waals surface area contributed by atoms with Gasteiger partial charge in [0.05, 0.1) is 5.56 Å². The SMILES string of the molecule is CCCN1CCC(c2cc(F)cc(C(F)(F)F)c2)CC1. The number of hydrogen-bond acceptors (Lipinski definition) is 1. The van der Waals surface area contributed by atoms with E-state index in [-0.39, 0.29) is 5.92 Å². The van der Waals surface area contributed by atoms with Crippen molar-refractivity contribution >= 4 is 0 Å². The van der Waals surface area contributed by atoms with Crippen molar-refractivity contribution in [3.63, 3.8) is 0 Å². The first-order valence-corrected chi connectivity index (χ1v) is 7.00. The molecule has 5 heteroatoms. The highest BCUT2D eigenvalue weighted by atomic mass is 19.4. The fourth-order valence-corrected chi connectivity index (χ4v) is 2.82. The van der Waals surface area contributed by atoms with Gasteiger partial charge >= 0.3 is 6.18 Å². The van der Waals surface area contributed by atoms with Crippen LogP contribution in [0.5, 0.6) is 0 Å². The molecule has 0 aromatic heterocycles. The maximum atomic E-state index is 13.4. The lowest BCUT2D eigenvalue weighted by molar-refractivity contribution is -0.137. The van der Waals surface area contributed by atoms with E-state index in [4.69, 9.17) is 0 Å². The van der Waals surface area contributed by atoms with Crippen LogP contribution in [0, 0.1) is 5.82 Å². The van der Waals surface area contributed by atoms with E-state index in [1.165, 1.54) is 6.07 Å². The van der Waals surface area contributed by atoms with Gasteiger partial charge in [-0.15, -0.1) is 0 Å². The average Bonchev–Trinajstić information content (AvgIpc) is 2.38. The summed E-state index contributed by atoms with van der Waals surface area (Å²) in [5.41, 5.74) is -0.406. The van der Waals surface area contributed by atoms with Gasteiger partial charge in [0.1, 0.15) is 5.82 Å². The van der Waals surface area contributed by atoms with Gasteiger partial charge in [0.15, 0.2) is 0 Å². The first-order valence-electron chi connectivity index (χ1n) is 7.00. The van der Waals surface area contributed by atoms with Crippen LogP contribution in [0.3, 0.4) is 0 Å². The monoisotopic (exact) mass is 289 g/mol. The van der Waals surface area contributed by atoms with Crippen LogP contribution in [0.4, 0.5) is 17.6 Å². The molecule has 112 valence electrons. The number of halogens is 4. The standard InChI is InChI=1S/C15H19F4N/c1-2-5-20-6-3-11(4-7-20)12-8-13(15(17,18)19)10-14(16)9-12/h8-11H,2-7H2,1H3. The molecule has 0 radical (unpaired) electrons. The minimum absolute atomic E-state index is 0.0277. The Hall–Kier alpha value is -1.10. The summed E-state index contributed by atoms with van der Waals surface area (Å²) < 4.78 is 51.5. The van der Waals surface area contributed by atoms with Crippen LogP contribution in [0.2, 0.25) is 0 Å². The van der Waals surface area contributed by atoms with E-state index in [1.54, 1.807) is 0 Å². The number of likely N-dealkylation sites (tertiary alicyclic amines) is 1. The molecule has 0 saturated carbocycles. The summed E-state index contributed by atoms with van der Waals surface area (Å²) in [4.78, 5) is 2.31. The first kappa shape index (κ1) is 15.3. The second kappa shape index (κ2) is 6.12. The van der Waals surface area contributed by atoms with Crippen molar-refractivity contribution in [3.8, 4) is 0 Å². The van der Waals surface area contributed by atoms with Gasteiger partial charge in [-0.25, -0.2) is 4.39 Å². The summed E-state index contributed by atoms with van der Waals surface area (Å²) in [5, 5.41) is 0. The smallest absolute Gasteiger partial charge is 0.303 e. The second-order valence-electron chi connectivity index (χ2n) is 5.39. The predicted molar refractivity (Wildman–Crippen MR) is 70.1 cm³/mol. The minimum atomic E-state index is -4.49. The molecule has 1 aromatic carbocycles. The van der Waals surface area contributed by atoms with Gasteiger partial charge in [-0.3, -0.25) is 0 Å². The van der Waals surface area contributed by atoms with Crippen LogP contribution >= 0.6 is 0 Å². The summed E-state index contributed by atoms with van der Waals surface area (Å²) >= 11 is 0. The highest BCUT2D eigenvalue weighted by Crippen LogP contribution is 2.34. The van der Waals surface area contributed by atoms with Gasteiger partial charge in [0, 0.05) is 0 Å². The highest BCUT2D eigenvalue weighted by Gasteiger charge is 2.32. The molecule has 1 fully saturated rings. The third-order valence-electron chi connectivity index (χ3n) is 3.85. The maximum absolute atomic E-state index is 13.4. The molecule has 0 spiro atoms. The summed E-state index contributed by atoms with van der Waals surface area (Å²) in [6, 6.07) is 2.91. The van der Waals surface area contributed by atoms with Gasteiger partial charge in [-0.05, 0) is 68.6 Å². The predicted octanol–water partition coefficient (Wildman–Crippen LogP) is 4.43.